The largest absolute Gasteiger partial charge is 0.497 e. The lowest BCUT2D eigenvalue weighted by Crippen LogP contribution is -2.41. The number of nitrogens with one attached hydrogen (secondary N) is 1. The predicted octanol–water partition coefficient (Wildman–Crippen LogP) is 6.52. The second-order valence-electron chi connectivity index (χ2n) is 9.68. The molecule has 3 aromatic heterocycles. The Bertz CT molecular complexity index is 1630. The van der Waals surface area contributed by atoms with Crippen LogP contribution in [0.5, 0.6) is 5.75 Å². The molecule has 0 bridgehead atoms. The molecule has 0 unspecified atom stereocenters. The number of fused-ring (bicyclic) bond motifs is 1. The number of thiazole rings is 1. The molecule has 2 aromatic carbocycles. The van der Waals surface area contributed by atoms with Crippen LogP contribution in [-0.2, 0) is 0 Å². The highest BCUT2D eigenvalue weighted by Gasteiger charge is 2.23. The highest BCUT2D eigenvalue weighted by atomic mass is 32.1. The van der Waals surface area contributed by atoms with E-state index in [0.717, 1.165) is 75.4 Å². The topological polar surface area (TPSA) is 67.6 Å². The number of aryl methyl sites for hydroxylation is 1. The number of halogens is 1. The number of nitrogens with zero attached hydrogens (tertiary/aromatic N) is 5. The fourth-order valence-corrected chi connectivity index (χ4v) is 5.88. The van der Waals surface area contributed by atoms with Crippen LogP contribution in [0.15, 0.2) is 73.6 Å². The molecule has 1 saturated heterocycles. The summed E-state index contributed by atoms with van der Waals surface area (Å²) >= 11 is 1.61. The van der Waals surface area contributed by atoms with E-state index >= 15 is 0 Å². The number of rotatable bonds is 7. The van der Waals surface area contributed by atoms with Crippen molar-refractivity contribution in [2.75, 3.05) is 25.5 Å². The van der Waals surface area contributed by atoms with E-state index < -0.39 is 0 Å². The maximum atomic E-state index is 13.6. The van der Waals surface area contributed by atoms with Crippen molar-refractivity contribution in [3.05, 3.63) is 89.8 Å². The molecule has 0 spiro atoms. The zero-order chi connectivity index (χ0) is 26.9. The van der Waals surface area contributed by atoms with E-state index in [-0.39, 0.29) is 11.9 Å². The quantitative estimate of drug-likeness (QED) is 0.253. The van der Waals surface area contributed by atoms with Crippen molar-refractivity contribution < 1.29 is 9.13 Å². The SMILES string of the molecule is C=C(c1ccc(OC)cc1)N1CCC[C@@H](Nc2nccc(-c3c(-c4ccc(F)cc4)nc4sc(C)cn34)n2)C1. The van der Waals surface area contributed by atoms with E-state index in [4.69, 9.17) is 14.7 Å². The Morgan fingerprint density at radius 2 is 1.90 bits per heavy atom. The number of imidazole rings is 1. The van der Waals surface area contributed by atoms with E-state index in [9.17, 15) is 4.39 Å². The van der Waals surface area contributed by atoms with Crippen molar-refractivity contribution >= 4 is 27.9 Å². The molecule has 1 fully saturated rings. The molecule has 1 N–H and O–H groups in total. The molecule has 7 nitrogen and oxygen atoms in total. The molecule has 0 saturated carbocycles. The number of anilines is 1. The number of ether oxygens (including phenoxy) is 1. The van der Waals surface area contributed by atoms with Gasteiger partial charge in [-0.05, 0) is 79.9 Å². The zero-order valence-electron chi connectivity index (χ0n) is 21.9. The third kappa shape index (κ3) is 5.09. The predicted molar refractivity (Wildman–Crippen MR) is 154 cm³/mol. The Balaban J connectivity index is 1.25. The number of likely N-dealkylation sites (tertiary alicyclic amines) is 1. The highest BCUT2D eigenvalue weighted by Crippen LogP contribution is 2.35. The first-order valence-corrected chi connectivity index (χ1v) is 13.7. The summed E-state index contributed by atoms with van der Waals surface area (Å²) in [6, 6.07) is 16.5. The lowest BCUT2D eigenvalue weighted by molar-refractivity contribution is 0.306. The number of aromatic nitrogens is 4. The number of hydrogen-bond acceptors (Lipinski definition) is 7. The van der Waals surface area contributed by atoms with Gasteiger partial charge in [0.05, 0.1) is 18.5 Å². The second kappa shape index (κ2) is 10.5. The minimum Gasteiger partial charge on any atom is -0.497 e. The Labute approximate surface area is 230 Å². The van der Waals surface area contributed by atoms with Gasteiger partial charge in [-0.2, -0.15) is 0 Å². The highest BCUT2D eigenvalue weighted by molar-refractivity contribution is 7.17. The van der Waals surface area contributed by atoms with Crippen LogP contribution < -0.4 is 10.1 Å². The fraction of sp³-hybridized carbons (Fsp3) is 0.233. The summed E-state index contributed by atoms with van der Waals surface area (Å²) in [5.74, 6) is 1.13. The van der Waals surface area contributed by atoms with E-state index in [1.807, 2.05) is 30.3 Å². The molecule has 0 radical (unpaired) electrons. The standard InChI is InChI=1S/C30H29FN6OS/c1-19-17-37-28(27(35-30(37)39-19)22-6-10-23(31)11-7-22)26-14-15-32-29(34-26)33-24-5-4-16-36(18-24)20(2)21-8-12-25(38-3)13-9-21/h6-15,17,24H,2,4-5,16,18H2,1,3H3,(H,32,33,34)/t24-/m1/s1. The molecule has 0 aliphatic carbocycles. The molecule has 5 aromatic rings. The minimum atomic E-state index is -0.276. The molecular weight excluding hydrogens is 511 g/mol. The van der Waals surface area contributed by atoms with Gasteiger partial charge in [0.15, 0.2) is 4.96 Å². The fourth-order valence-electron chi connectivity index (χ4n) is 5.06. The summed E-state index contributed by atoms with van der Waals surface area (Å²) in [5, 5.41) is 3.56. The van der Waals surface area contributed by atoms with Crippen molar-refractivity contribution in [1.29, 1.82) is 0 Å². The Morgan fingerprint density at radius 3 is 2.67 bits per heavy atom. The van der Waals surface area contributed by atoms with Gasteiger partial charge in [-0.15, -0.1) is 11.3 Å². The maximum absolute atomic E-state index is 13.6. The van der Waals surface area contributed by atoms with Crippen LogP contribution in [0.1, 0.15) is 23.3 Å². The van der Waals surface area contributed by atoms with Crippen molar-refractivity contribution in [3.63, 3.8) is 0 Å². The molecule has 1 aliphatic rings. The smallest absolute Gasteiger partial charge is 0.223 e. The Morgan fingerprint density at radius 1 is 1.10 bits per heavy atom. The van der Waals surface area contributed by atoms with Crippen LogP contribution in [0.3, 0.4) is 0 Å². The minimum absolute atomic E-state index is 0.175. The van der Waals surface area contributed by atoms with Gasteiger partial charge in [0, 0.05) is 47.7 Å². The average molecular weight is 541 g/mol. The molecule has 4 heterocycles. The van der Waals surface area contributed by atoms with Gasteiger partial charge in [-0.25, -0.2) is 19.3 Å². The molecule has 1 atom stereocenters. The third-order valence-corrected chi connectivity index (χ3v) is 7.92. The first-order chi connectivity index (χ1) is 19.0. The van der Waals surface area contributed by atoms with E-state index in [2.05, 4.69) is 39.3 Å². The second-order valence-corrected chi connectivity index (χ2v) is 10.9. The maximum Gasteiger partial charge on any atom is 0.223 e. The Kier molecular flexibility index (Phi) is 6.74. The van der Waals surface area contributed by atoms with Crippen LogP contribution in [0.4, 0.5) is 10.3 Å². The van der Waals surface area contributed by atoms with Crippen molar-refractivity contribution in [1.82, 2.24) is 24.3 Å². The van der Waals surface area contributed by atoms with E-state index in [0.29, 0.717) is 5.95 Å². The van der Waals surface area contributed by atoms with Crippen molar-refractivity contribution in [2.45, 2.75) is 25.8 Å². The van der Waals surface area contributed by atoms with Crippen LogP contribution in [0.25, 0.3) is 33.3 Å². The Hall–Kier alpha value is -4.24. The summed E-state index contributed by atoms with van der Waals surface area (Å²) in [6.07, 6.45) is 5.89. The summed E-state index contributed by atoms with van der Waals surface area (Å²) in [7, 11) is 1.67. The van der Waals surface area contributed by atoms with Crippen LogP contribution in [-0.4, -0.2) is 50.5 Å². The van der Waals surface area contributed by atoms with Crippen LogP contribution >= 0.6 is 11.3 Å². The normalized spacial score (nSPS) is 15.5. The number of hydrogen-bond donors (Lipinski definition) is 1. The lowest BCUT2D eigenvalue weighted by atomic mass is 10.0. The monoisotopic (exact) mass is 540 g/mol. The number of methoxy groups -OCH3 is 1. The zero-order valence-corrected chi connectivity index (χ0v) is 22.7. The molecule has 9 heteroatoms. The first kappa shape index (κ1) is 25.1. The third-order valence-electron chi connectivity index (χ3n) is 7.02. The van der Waals surface area contributed by atoms with E-state index in [1.165, 1.54) is 12.1 Å². The summed E-state index contributed by atoms with van der Waals surface area (Å²) < 4.78 is 21.0. The molecule has 6 rings (SSSR count). The number of benzene rings is 2. The summed E-state index contributed by atoms with van der Waals surface area (Å²) in [6.45, 7) is 8.18. The molecule has 198 valence electrons. The summed E-state index contributed by atoms with van der Waals surface area (Å²) in [5.41, 5.74) is 5.31. The molecule has 0 amide bonds. The molecule has 39 heavy (non-hydrogen) atoms. The number of piperidine rings is 1. The first-order valence-electron chi connectivity index (χ1n) is 12.9. The van der Waals surface area contributed by atoms with Gasteiger partial charge >= 0.3 is 0 Å². The van der Waals surface area contributed by atoms with Crippen molar-refractivity contribution in [2.24, 2.45) is 0 Å². The lowest BCUT2D eigenvalue weighted by Gasteiger charge is -2.36. The van der Waals surface area contributed by atoms with Gasteiger partial charge in [0.25, 0.3) is 0 Å². The molecule has 1 aliphatic heterocycles. The molecular formula is C30H29FN6OS. The van der Waals surface area contributed by atoms with Gasteiger partial charge in [0.1, 0.15) is 17.3 Å². The van der Waals surface area contributed by atoms with E-state index in [1.54, 1.807) is 36.8 Å². The van der Waals surface area contributed by atoms with Crippen molar-refractivity contribution in [3.8, 4) is 28.4 Å². The average Bonchev–Trinajstić information content (AvgIpc) is 3.49. The van der Waals surface area contributed by atoms with Crippen LogP contribution in [0.2, 0.25) is 0 Å². The van der Waals surface area contributed by atoms with Gasteiger partial charge < -0.3 is 15.0 Å². The van der Waals surface area contributed by atoms with Crippen LogP contribution in [0, 0.1) is 12.7 Å². The van der Waals surface area contributed by atoms with Gasteiger partial charge in [-0.1, -0.05) is 6.58 Å². The summed E-state index contributed by atoms with van der Waals surface area (Å²) in [4.78, 5) is 18.7. The van der Waals surface area contributed by atoms with Gasteiger partial charge in [-0.3, -0.25) is 4.40 Å². The van der Waals surface area contributed by atoms with Gasteiger partial charge in [0.2, 0.25) is 5.95 Å².